The average molecular weight is 497 g/mol. The van der Waals surface area contributed by atoms with Crippen LogP contribution in [0, 0.1) is 23.2 Å². The summed E-state index contributed by atoms with van der Waals surface area (Å²) < 4.78 is 36.7. The van der Waals surface area contributed by atoms with Gasteiger partial charge in [-0.2, -0.15) is 0 Å². The standard InChI is InChI=1S/C29H52O4S/c1-21-5-11-24(12-6-21)32-25-13-7-22(8-14-25)29(2,3)23-9-15-26(16-10-23)33-27-17-19-28(20-18-27)34(4,30)31/h21-28H,5-20H2,1-4H3. The number of hydrogen-bond acceptors (Lipinski definition) is 4. The van der Waals surface area contributed by atoms with Crippen LogP contribution in [0.4, 0.5) is 0 Å². The fraction of sp³-hybridized carbons (Fsp3) is 1.00. The first-order valence-electron chi connectivity index (χ1n) is 14.6. The van der Waals surface area contributed by atoms with Crippen LogP contribution in [0.2, 0.25) is 0 Å². The molecule has 0 aromatic rings. The van der Waals surface area contributed by atoms with E-state index < -0.39 is 9.84 Å². The Labute approximate surface area is 210 Å². The zero-order chi connectivity index (χ0) is 24.3. The van der Waals surface area contributed by atoms with E-state index in [1.54, 1.807) is 0 Å². The average Bonchev–Trinajstić information content (AvgIpc) is 2.81. The third-order valence-electron chi connectivity index (χ3n) is 10.4. The molecule has 198 valence electrons. The molecule has 0 unspecified atom stereocenters. The van der Waals surface area contributed by atoms with E-state index in [1.807, 2.05) is 0 Å². The highest BCUT2D eigenvalue weighted by Gasteiger charge is 2.41. The normalized spacial score (nSPS) is 40.7. The number of hydrogen-bond donors (Lipinski definition) is 0. The summed E-state index contributed by atoms with van der Waals surface area (Å²) in [5, 5.41) is -0.143. The largest absolute Gasteiger partial charge is 0.375 e. The van der Waals surface area contributed by atoms with Crippen LogP contribution in [0.1, 0.15) is 124 Å². The first-order valence-corrected chi connectivity index (χ1v) is 16.6. The summed E-state index contributed by atoms with van der Waals surface area (Å²) in [5.74, 6) is 2.52. The van der Waals surface area contributed by atoms with Gasteiger partial charge in [-0.3, -0.25) is 0 Å². The monoisotopic (exact) mass is 496 g/mol. The van der Waals surface area contributed by atoms with Gasteiger partial charge in [0.15, 0.2) is 0 Å². The second kappa shape index (κ2) is 11.5. The van der Waals surface area contributed by atoms with Gasteiger partial charge in [0.05, 0.1) is 29.7 Å². The molecule has 0 saturated heterocycles. The minimum Gasteiger partial charge on any atom is -0.375 e. The van der Waals surface area contributed by atoms with Crippen molar-refractivity contribution in [1.29, 1.82) is 0 Å². The summed E-state index contributed by atoms with van der Waals surface area (Å²) in [7, 11) is -2.89. The lowest BCUT2D eigenvalue weighted by Gasteiger charge is -2.47. The molecule has 0 spiro atoms. The molecule has 4 aliphatic rings. The van der Waals surface area contributed by atoms with Gasteiger partial charge in [0.2, 0.25) is 0 Å². The van der Waals surface area contributed by atoms with Gasteiger partial charge in [0.1, 0.15) is 9.84 Å². The lowest BCUT2D eigenvalue weighted by molar-refractivity contribution is -0.0794. The molecule has 0 heterocycles. The van der Waals surface area contributed by atoms with Gasteiger partial charge in [-0.15, -0.1) is 0 Å². The predicted octanol–water partition coefficient (Wildman–Crippen LogP) is 7.10. The molecular weight excluding hydrogens is 444 g/mol. The molecule has 0 radical (unpaired) electrons. The van der Waals surface area contributed by atoms with Crippen molar-refractivity contribution >= 4 is 9.84 Å². The maximum atomic E-state index is 11.8. The molecular formula is C29H52O4S. The Balaban J connectivity index is 1.16. The van der Waals surface area contributed by atoms with Crippen LogP contribution < -0.4 is 0 Å². The molecule has 4 fully saturated rings. The first-order chi connectivity index (χ1) is 16.1. The topological polar surface area (TPSA) is 52.6 Å². The Morgan fingerprint density at radius 1 is 0.559 bits per heavy atom. The van der Waals surface area contributed by atoms with E-state index in [-0.39, 0.29) is 11.4 Å². The van der Waals surface area contributed by atoms with E-state index in [0.29, 0.717) is 23.7 Å². The molecule has 4 nitrogen and oxygen atoms in total. The highest BCUT2D eigenvalue weighted by Crippen LogP contribution is 2.49. The van der Waals surface area contributed by atoms with Crippen molar-refractivity contribution < 1.29 is 17.9 Å². The smallest absolute Gasteiger partial charge is 0.150 e. The molecule has 0 N–H and O–H groups in total. The van der Waals surface area contributed by atoms with E-state index in [2.05, 4.69) is 20.8 Å². The second-order valence-electron chi connectivity index (χ2n) is 13.2. The summed E-state index contributed by atoms with van der Waals surface area (Å²) in [6.45, 7) is 7.47. The van der Waals surface area contributed by atoms with Crippen LogP contribution >= 0.6 is 0 Å². The fourth-order valence-corrected chi connectivity index (χ4v) is 8.85. The van der Waals surface area contributed by atoms with Crippen molar-refractivity contribution in [1.82, 2.24) is 0 Å². The molecule has 4 aliphatic carbocycles. The van der Waals surface area contributed by atoms with Gasteiger partial charge < -0.3 is 9.47 Å². The molecule has 5 heteroatoms. The zero-order valence-electron chi connectivity index (χ0n) is 22.5. The Morgan fingerprint density at radius 3 is 1.24 bits per heavy atom. The van der Waals surface area contributed by atoms with Crippen LogP contribution in [-0.4, -0.2) is 44.3 Å². The number of rotatable bonds is 7. The Morgan fingerprint density at radius 2 is 0.882 bits per heavy atom. The summed E-state index contributed by atoms with van der Waals surface area (Å²) >= 11 is 0. The lowest BCUT2D eigenvalue weighted by atomic mass is 9.60. The van der Waals surface area contributed by atoms with Crippen molar-refractivity contribution in [3.8, 4) is 0 Å². The van der Waals surface area contributed by atoms with Gasteiger partial charge in [-0.05, 0) is 126 Å². The fourth-order valence-electron chi connectivity index (χ4n) is 7.73. The molecule has 4 rings (SSSR count). The second-order valence-corrected chi connectivity index (χ2v) is 15.5. The number of sulfone groups is 1. The van der Waals surface area contributed by atoms with Gasteiger partial charge in [-0.1, -0.05) is 20.8 Å². The maximum absolute atomic E-state index is 11.8. The summed E-state index contributed by atoms with van der Waals surface area (Å²) in [5.41, 5.74) is 0.407. The van der Waals surface area contributed by atoms with E-state index in [0.717, 1.165) is 43.4 Å². The molecule has 0 aromatic carbocycles. The Bertz CT molecular complexity index is 715. The molecule has 4 saturated carbocycles. The number of ether oxygens (including phenoxy) is 2. The van der Waals surface area contributed by atoms with E-state index in [1.165, 1.54) is 83.3 Å². The van der Waals surface area contributed by atoms with Gasteiger partial charge in [0, 0.05) is 6.26 Å². The molecule has 0 amide bonds. The highest BCUT2D eigenvalue weighted by molar-refractivity contribution is 7.91. The molecule has 0 bridgehead atoms. The van der Waals surface area contributed by atoms with Crippen molar-refractivity contribution in [2.24, 2.45) is 23.2 Å². The van der Waals surface area contributed by atoms with Crippen molar-refractivity contribution in [2.45, 2.75) is 153 Å². The van der Waals surface area contributed by atoms with E-state index >= 15 is 0 Å². The molecule has 0 aromatic heterocycles. The summed E-state index contributed by atoms with van der Waals surface area (Å²) in [6, 6.07) is 0. The quantitative estimate of drug-likeness (QED) is 0.377. The zero-order valence-corrected chi connectivity index (χ0v) is 23.3. The SMILES string of the molecule is CC1CCC(OC2CCC(C(C)(C)C3CCC(OC4CCC(S(C)(=O)=O)CC4)CC3)CC2)CC1. The Hall–Kier alpha value is -0.130. The van der Waals surface area contributed by atoms with Gasteiger partial charge in [0.25, 0.3) is 0 Å². The summed E-state index contributed by atoms with van der Waals surface area (Å²) in [6.07, 6.45) is 21.8. The van der Waals surface area contributed by atoms with Crippen LogP contribution in [-0.2, 0) is 19.3 Å². The van der Waals surface area contributed by atoms with Crippen LogP contribution in [0.15, 0.2) is 0 Å². The van der Waals surface area contributed by atoms with Gasteiger partial charge >= 0.3 is 0 Å². The van der Waals surface area contributed by atoms with Crippen LogP contribution in [0.5, 0.6) is 0 Å². The first kappa shape index (κ1) is 26.9. The third kappa shape index (κ3) is 7.00. The predicted molar refractivity (Wildman–Crippen MR) is 140 cm³/mol. The molecule has 0 atom stereocenters. The molecule has 34 heavy (non-hydrogen) atoms. The van der Waals surface area contributed by atoms with E-state index in [9.17, 15) is 8.42 Å². The lowest BCUT2D eigenvalue weighted by Crippen LogP contribution is -2.40. The third-order valence-corrected chi connectivity index (χ3v) is 12.1. The highest BCUT2D eigenvalue weighted by atomic mass is 32.2. The maximum Gasteiger partial charge on any atom is 0.150 e. The molecule has 0 aliphatic heterocycles. The minimum absolute atomic E-state index is 0.143. The van der Waals surface area contributed by atoms with Crippen molar-refractivity contribution in [2.75, 3.05) is 6.26 Å². The van der Waals surface area contributed by atoms with Crippen molar-refractivity contribution in [3.63, 3.8) is 0 Å². The minimum atomic E-state index is -2.89. The Kier molecular flexibility index (Phi) is 9.11. The van der Waals surface area contributed by atoms with Crippen molar-refractivity contribution in [3.05, 3.63) is 0 Å². The summed E-state index contributed by atoms with van der Waals surface area (Å²) in [4.78, 5) is 0. The van der Waals surface area contributed by atoms with E-state index in [4.69, 9.17) is 9.47 Å². The van der Waals surface area contributed by atoms with Crippen LogP contribution in [0.3, 0.4) is 0 Å². The van der Waals surface area contributed by atoms with Crippen LogP contribution in [0.25, 0.3) is 0 Å². The van der Waals surface area contributed by atoms with Gasteiger partial charge in [-0.25, -0.2) is 8.42 Å².